The normalized spacial score (nSPS) is 15.6. The van der Waals surface area contributed by atoms with E-state index in [0.29, 0.717) is 29.4 Å². The van der Waals surface area contributed by atoms with Crippen molar-refractivity contribution >= 4 is 25.5 Å². The van der Waals surface area contributed by atoms with E-state index in [2.05, 4.69) is 15.2 Å². The molecule has 3 amide bonds. The maximum Gasteiger partial charge on any atom is 0.524 e. The first-order valence-corrected chi connectivity index (χ1v) is 14.4. The van der Waals surface area contributed by atoms with E-state index in [1.165, 1.54) is 38.3 Å². The maximum atomic E-state index is 13.1. The van der Waals surface area contributed by atoms with Crippen LogP contribution in [0.25, 0.3) is 0 Å². The molecule has 0 radical (unpaired) electrons. The highest BCUT2D eigenvalue weighted by Crippen LogP contribution is 2.37. The molecule has 6 N–H and O–H groups in total. The van der Waals surface area contributed by atoms with Gasteiger partial charge in [0.1, 0.15) is 17.5 Å². The van der Waals surface area contributed by atoms with Crippen LogP contribution in [-0.4, -0.2) is 40.2 Å². The lowest BCUT2D eigenvalue weighted by Gasteiger charge is -2.23. The minimum absolute atomic E-state index is 0.0299. The standard InChI is InChI=1S/C27H36N3O8P/c1-17(21-10-13-25(23(15-21)26(28)32)37-16-20-6-4-3-5-7-20)29-27(33)24(30-18(2)31)14-19-8-11-22(12-9-19)38-39(34,35)36/h8-13,15,17,20,24H,3-7,14,16H2,1-2H3,(H2,28,32)(H,29,33)(H,30,31)(H2,34,35,36). The molecule has 1 fully saturated rings. The van der Waals surface area contributed by atoms with Gasteiger partial charge in [-0.1, -0.05) is 37.5 Å². The van der Waals surface area contributed by atoms with Gasteiger partial charge in [0, 0.05) is 13.3 Å². The number of phosphoric acid groups is 1. The molecule has 2 aromatic rings. The summed E-state index contributed by atoms with van der Waals surface area (Å²) in [7, 11) is -4.69. The molecule has 12 heteroatoms. The van der Waals surface area contributed by atoms with Crippen molar-refractivity contribution in [3.05, 3.63) is 59.2 Å². The van der Waals surface area contributed by atoms with Crippen LogP contribution < -0.4 is 25.6 Å². The molecule has 0 heterocycles. The number of rotatable bonds is 12. The number of amides is 3. The molecule has 1 aliphatic rings. The van der Waals surface area contributed by atoms with Gasteiger partial charge in [-0.05, 0) is 61.1 Å². The van der Waals surface area contributed by atoms with Crippen molar-refractivity contribution in [1.82, 2.24) is 10.6 Å². The molecule has 2 atom stereocenters. The predicted molar refractivity (Wildman–Crippen MR) is 144 cm³/mol. The summed E-state index contributed by atoms with van der Waals surface area (Å²) in [6.45, 7) is 3.57. The summed E-state index contributed by atoms with van der Waals surface area (Å²) in [5.41, 5.74) is 7.13. The van der Waals surface area contributed by atoms with Gasteiger partial charge in [-0.15, -0.1) is 0 Å². The van der Waals surface area contributed by atoms with Gasteiger partial charge >= 0.3 is 7.82 Å². The fraction of sp³-hybridized carbons (Fsp3) is 0.444. The molecule has 0 aliphatic heterocycles. The Morgan fingerprint density at radius 3 is 2.31 bits per heavy atom. The Hall–Kier alpha value is -3.40. The Labute approximate surface area is 227 Å². The minimum Gasteiger partial charge on any atom is -0.492 e. The molecular formula is C27H36N3O8P. The van der Waals surface area contributed by atoms with Crippen molar-refractivity contribution in [2.75, 3.05) is 6.61 Å². The quantitative estimate of drug-likeness (QED) is 0.245. The molecule has 1 saturated carbocycles. The first-order chi connectivity index (χ1) is 18.4. The summed E-state index contributed by atoms with van der Waals surface area (Å²) in [5, 5.41) is 5.48. The SMILES string of the molecule is CC(=O)NC(Cc1ccc(OP(=O)(O)O)cc1)C(=O)NC(C)c1ccc(OCC2CCCCC2)c(C(N)=O)c1. The molecular weight excluding hydrogens is 525 g/mol. The second-order valence-corrected chi connectivity index (χ2v) is 11.0. The molecule has 3 rings (SSSR count). The highest BCUT2D eigenvalue weighted by atomic mass is 31.2. The van der Waals surface area contributed by atoms with Crippen molar-refractivity contribution in [3.63, 3.8) is 0 Å². The van der Waals surface area contributed by atoms with Crippen LogP contribution in [0.4, 0.5) is 0 Å². The third kappa shape index (κ3) is 9.69. The maximum absolute atomic E-state index is 13.1. The fourth-order valence-electron chi connectivity index (χ4n) is 4.61. The third-order valence-electron chi connectivity index (χ3n) is 6.61. The summed E-state index contributed by atoms with van der Waals surface area (Å²) >= 11 is 0. The number of hydrogen-bond acceptors (Lipinski definition) is 6. The zero-order chi connectivity index (χ0) is 28.6. The number of phosphoric ester groups is 1. The van der Waals surface area contributed by atoms with Gasteiger partial charge in [-0.3, -0.25) is 24.2 Å². The highest BCUT2D eigenvalue weighted by molar-refractivity contribution is 7.46. The Bertz CT molecular complexity index is 1210. The van der Waals surface area contributed by atoms with Crippen LogP contribution in [0.2, 0.25) is 0 Å². The fourth-order valence-corrected chi connectivity index (χ4v) is 5.00. The van der Waals surface area contributed by atoms with Gasteiger partial charge in [0.25, 0.3) is 5.91 Å². The molecule has 39 heavy (non-hydrogen) atoms. The number of carbonyl (C=O) groups excluding carboxylic acids is 3. The van der Waals surface area contributed by atoms with Gasteiger partial charge < -0.3 is 25.6 Å². The summed E-state index contributed by atoms with van der Waals surface area (Å²) in [6, 6.07) is 9.44. The van der Waals surface area contributed by atoms with E-state index in [-0.39, 0.29) is 17.7 Å². The Morgan fingerprint density at radius 2 is 1.72 bits per heavy atom. The van der Waals surface area contributed by atoms with E-state index >= 15 is 0 Å². The molecule has 11 nitrogen and oxygen atoms in total. The van der Waals surface area contributed by atoms with Crippen molar-refractivity contribution < 1.29 is 38.0 Å². The molecule has 0 saturated heterocycles. The first kappa shape index (κ1) is 30.1. The second-order valence-electron chi connectivity index (χ2n) is 9.85. The topological polar surface area (TPSA) is 177 Å². The van der Waals surface area contributed by atoms with Gasteiger partial charge in [0.2, 0.25) is 11.8 Å². The highest BCUT2D eigenvalue weighted by Gasteiger charge is 2.24. The van der Waals surface area contributed by atoms with Crippen LogP contribution in [0.1, 0.15) is 73.5 Å². The molecule has 0 spiro atoms. The average Bonchev–Trinajstić information content (AvgIpc) is 2.87. The largest absolute Gasteiger partial charge is 0.524 e. The third-order valence-corrected chi connectivity index (χ3v) is 7.06. The molecule has 212 valence electrons. The van der Waals surface area contributed by atoms with Crippen LogP contribution in [0.5, 0.6) is 11.5 Å². The number of ether oxygens (including phenoxy) is 1. The lowest BCUT2D eigenvalue weighted by molar-refractivity contribution is -0.128. The lowest BCUT2D eigenvalue weighted by Crippen LogP contribution is -2.48. The van der Waals surface area contributed by atoms with Crippen LogP contribution in [0.15, 0.2) is 42.5 Å². The number of hydrogen-bond donors (Lipinski definition) is 5. The van der Waals surface area contributed by atoms with E-state index in [9.17, 15) is 18.9 Å². The van der Waals surface area contributed by atoms with E-state index in [1.54, 1.807) is 37.3 Å². The van der Waals surface area contributed by atoms with E-state index < -0.39 is 37.6 Å². The van der Waals surface area contributed by atoms with Crippen LogP contribution in [-0.2, 0) is 20.6 Å². The number of primary amides is 1. The molecule has 1 aliphatic carbocycles. The van der Waals surface area contributed by atoms with Crippen LogP contribution in [0.3, 0.4) is 0 Å². The van der Waals surface area contributed by atoms with Crippen molar-refractivity contribution in [2.45, 2.75) is 64.5 Å². The monoisotopic (exact) mass is 561 g/mol. The Balaban J connectivity index is 1.68. The first-order valence-electron chi connectivity index (χ1n) is 12.9. The summed E-state index contributed by atoms with van der Waals surface area (Å²) < 4.78 is 21.5. The van der Waals surface area contributed by atoms with Crippen molar-refractivity contribution in [1.29, 1.82) is 0 Å². The van der Waals surface area contributed by atoms with Gasteiger partial charge in [0.15, 0.2) is 0 Å². The lowest BCUT2D eigenvalue weighted by atomic mass is 9.90. The molecule has 2 aromatic carbocycles. The molecule has 0 aromatic heterocycles. The van der Waals surface area contributed by atoms with E-state index in [1.807, 2.05) is 0 Å². The van der Waals surface area contributed by atoms with Gasteiger partial charge in [0.05, 0.1) is 18.2 Å². The van der Waals surface area contributed by atoms with Crippen LogP contribution >= 0.6 is 7.82 Å². The predicted octanol–water partition coefficient (Wildman–Crippen LogP) is 3.14. The van der Waals surface area contributed by atoms with Crippen LogP contribution in [0, 0.1) is 5.92 Å². The smallest absolute Gasteiger partial charge is 0.492 e. The number of carbonyl (C=O) groups is 3. The second kappa shape index (κ2) is 13.6. The number of nitrogens with two attached hydrogens (primary N) is 1. The van der Waals surface area contributed by atoms with Crippen molar-refractivity contribution in [2.24, 2.45) is 11.7 Å². The summed E-state index contributed by atoms with van der Waals surface area (Å²) in [5.74, 6) is -0.643. The minimum atomic E-state index is -4.69. The number of benzene rings is 2. The Kier molecular flexibility index (Phi) is 10.5. The zero-order valence-corrected chi connectivity index (χ0v) is 23.0. The van der Waals surface area contributed by atoms with Gasteiger partial charge in [-0.2, -0.15) is 0 Å². The molecule has 0 bridgehead atoms. The number of nitrogens with one attached hydrogen (secondary N) is 2. The van der Waals surface area contributed by atoms with E-state index in [0.717, 1.165) is 12.8 Å². The van der Waals surface area contributed by atoms with Gasteiger partial charge in [-0.25, -0.2) is 4.57 Å². The summed E-state index contributed by atoms with van der Waals surface area (Å²) in [4.78, 5) is 54.9. The van der Waals surface area contributed by atoms with E-state index in [4.69, 9.17) is 20.3 Å². The Morgan fingerprint density at radius 1 is 1.05 bits per heavy atom. The summed E-state index contributed by atoms with van der Waals surface area (Å²) in [6.07, 6.45) is 5.94. The zero-order valence-electron chi connectivity index (χ0n) is 22.1. The molecule has 2 unspecified atom stereocenters. The van der Waals surface area contributed by atoms with Crippen molar-refractivity contribution in [3.8, 4) is 11.5 Å². The average molecular weight is 562 g/mol.